The topological polar surface area (TPSA) is 20.2 Å². The largest absolute Gasteiger partial charge is 0.393 e. The summed E-state index contributed by atoms with van der Waals surface area (Å²) in [7, 11) is 0. The van der Waals surface area contributed by atoms with Crippen molar-refractivity contribution in [3.63, 3.8) is 0 Å². The Labute approximate surface area is 113 Å². The molecule has 0 aliphatic heterocycles. The number of hydrogen-bond donors (Lipinski definition) is 1. The Balaban J connectivity index is 1.94. The van der Waals surface area contributed by atoms with Gasteiger partial charge in [-0.2, -0.15) is 0 Å². The average Bonchev–Trinajstić information content (AvgIpc) is 2.22. The molecule has 1 saturated carbocycles. The van der Waals surface area contributed by atoms with E-state index in [4.69, 9.17) is 0 Å². The van der Waals surface area contributed by atoms with Crippen LogP contribution in [0.4, 0.5) is 0 Å². The first kappa shape index (κ1) is 14.1. The second kappa shape index (κ2) is 5.77. The Bertz CT molecular complexity index is 295. The van der Waals surface area contributed by atoms with Gasteiger partial charge in [-0.05, 0) is 68.6 Å². The van der Waals surface area contributed by atoms with Crippen LogP contribution in [0.25, 0.3) is 0 Å². The third kappa shape index (κ3) is 3.38. The number of hydrogen-bond acceptors (Lipinski definition) is 1. The summed E-state index contributed by atoms with van der Waals surface area (Å²) >= 11 is 0. The molecule has 1 N–H and O–H groups in total. The van der Waals surface area contributed by atoms with E-state index in [2.05, 4.69) is 33.8 Å². The van der Waals surface area contributed by atoms with Gasteiger partial charge < -0.3 is 5.11 Å². The summed E-state index contributed by atoms with van der Waals surface area (Å²) in [6, 6.07) is 0. The molecular formula is C17H30O. The number of aliphatic hydroxyl groups is 1. The van der Waals surface area contributed by atoms with Crippen molar-refractivity contribution in [1.82, 2.24) is 0 Å². The fraction of sp³-hybridized carbons (Fsp3) is 0.882. The van der Waals surface area contributed by atoms with Gasteiger partial charge in [0.1, 0.15) is 0 Å². The summed E-state index contributed by atoms with van der Waals surface area (Å²) in [5, 5.41) is 9.85. The lowest BCUT2D eigenvalue weighted by Gasteiger charge is -2.40. The maximum absolute atomic E-state index is 9.85. The maximum Gasteiger partial charge on any atom is 0.0545 e. The molecule has 0 radical (unpaired) electrons. The minimum Gasteiger partial charge on any atom is -0.393 e. The zero-order chi connectivity index (χ0) is 13.3. The van der Waals surface area contributed by atoms with Crippen molar-refractivity contribution >= 4 is 0 Å². The van der Waals surface area contributed by atoms with Crippen molar-refractivity contribution in [3.05, 3.63) is 11.6 Å². The van der Waals surface area contributed by atoms with E-state index >= 15 is 0 Å². The number of aliphatic hydroxyl groups excluding tert-OH is 1. The van der Waals surface area contributed by atoms with Gasteiger partial charge in [0.2, 0.25) is 0 Å². The molecule has 0 aromatic rings. The van der Waals surface area contributed by atoms with Gasteiger partial charge >= 0.3 is 0 Å². The lowest BCUT2D eigenvalue weighted by molar-refractivity contribution is 0.0283. The summed E-state index contributed by atoms with van der Waals surface area (Å²) in [5.41, 5.74) is 1.59. The van der Waals surface area contributed by atoms with Crippen LogP contribution in [0.1, 0.15) is 59.8 Å². The molecule has 2 rings (SSSR count). The molecule has 18 heavy (non-hydrogen) atoms. The van der Waals surface area contributed by atoms with Crippen molar-refractivity contribution in [2.45, 2.75) is 65.9 Å². The Hall–Kier alpha value is -0.300. The monoisotopic (exact) mass is 250 g/mol. The van der Waals surface area contributed by atoms with Gasteiger partial charge in [0.25, 0.3) is 0 Å². The average molecular weight is 250 g/mol. The fourth-order valence-electron chi connectivity index (χ4n) is 4.58. The van der Waals surface area contributed by atoms with Crippen molar-refractivity contribution in [2.75, 3.05) is 0 Å². The second-order valence-electron chi connectivity index (χ2n) is 7.28. The minimum atomic E-state index is -0.0434. The standard InChI is InChI=1S/C17H30O/c1-11-5-12(2)7-15(6-11)10-17-13(3)8-16(18)9-14(17)4/h5,11,13-18H,6-10H2,1-4H3. The van der Waals surface area contributed by atoms with E-state index in [-0.39, 0.29) is 6.10 Å². The smallest absolute Gasteiger partial charge is 0.0545 e. The first-order valence-corrected chi connectivity index (χ1v) is 7.81. The Kier molecular flexibility index (Phi) is 4.53. The summed E-state index contributed by atoms with van der Waals surface area (Å²) < 4.78 is 0. The van der Waals surface area contributed by atoms with Crippen LogP contribution >= 0.6 is 0 Å². The van der Waals surface area contributed by atoms with E-state index in [1.165, 1.54) is 19.3 Å². The first-order chi connectivity index (χ1) is 8.45. The molecule has 0 spiro atoms. The molecule has 0 aromatic carbocycles. The van der Waals surface area contributed by atoms with Crippen LogP contribution in [0.15, 0.2) is 11.6 Å². The normalized spacial score (nSPS) is 45.7. The van der Waals surface area contributed by atoms with Gasteiger partial charge in [0.15, 0.2) is 0 Å². The SMILES string of the molecule is CC1=CC(C)CC(CC2C(C)CC(O)CC2C)C1. The Morgan fingerprint density at radius 1 is 1.11 bits per heavy atom. The van der Waals surface area contributed by atoms with Crippen LogP contribution in [-0.4, -0.2) is 11.2 Å². The third-order valence-corrected chi connectivity index (χ3v) is 5.24. The molecule has 4 atom stereocenters. The Morgan fingerprint density at radius 3 is 2.28 bits per heavy atom. The van der Waals surface area contributed by atoms with Gasteiger partial charge in [-0.1, -0.05) is 32.4 Å². The molecule has 0 aromatic heterocycles. The summed E-state index contributed by atoms with van der Waals surface area (Å²) in [5.74, 6) is 3.88. The fourth-order valence-corrected chi connectivity index (χ4v) is 4.58. The summed E-state index contributed by atoms with van der Waals surface area (Å²) in [4.78, 5) is 0. The lowest BCUT2D eigenvalue weighted by Crippen LogP contribution is -2.34. The zero-order valence-corrected chi connectivity index (χ0v) is 12.5. The van der Waals surface area contributed by atoms with Gasteiger partial charge in [0.05, 0.1) is 6.10 Å². The van der Waals surface area contributed by atoms with Crippen molar-refractivity contribution in [3.8, 4) is 0 Å². The minimum absolute atomic E-state index is 0.0434. The molecule has 0 bridgehead atoms. The molecule has 4 unspecified atom stereocenters. The molecule has 0 saturated heterocycles. The zero-order valence-electron chi connectivity index (χ0n) is 12.5. The van der Waals surface area contributed by atoms with E-state index in [1.807, 2.05) is 0 Å². The quantitative estimate of drug-likeness (QED) is 0.720. The molecular weight excluding hydrogens is 220 g/mol. The highest BCUT2D eigenvalue weighted by Crippen LogP contribution is 2.42. The molecule has 1 fully saturated rings. The van der Waals surface area contributed by atoms with E-state index in [1.54, 1.807) is 5.57 Å². The van der Waals surface area contributed by atoms with Crippen molar-refractivity contribution in [1.29, 1.82) is 0 Å². The first-order valence-electron chi connectivity index (χ1n) is 7.81. The van der Waals surface area contributed by atoms with Crippen LogP contribution < -0.4 is 0 Å². The Morgan fingerprint density at radius 2 is 1.72 bits per heavy atom. The van der Waals surface area contributed by atoms with Gasteiger partial charge in [0, 0.05) is 0 Å². The maximum atomic E-state index is 9.85. The number of rotatable bonds is 2. The highest BCUT2D eigenvalue weighted by atomic mass is 16.3. The highest BCUT2D eigenvalue weighted by molar-refractivity contribution is 5.06. The predicted molar refractivity (Wildman–Crippen MR) is 77.3 cm³/mol. The number of allylic oxidation sites excluding steroid dienone is 2. The van der Waals surface area contributed by atoms with Gasteiger partial charge in [-0.25, -0.2) is 0 Å². The summed E-state index contributed by atoms with van der Waals surface area (Å²) in [6.45, 7) is 9.34. The van der Waals surface area contributed by atoms with Gasteiger partial charge in [-0.15, -0.1) is 0 Å². The molecule has 0 amide bonds. The van der Waals surface area contributed by atoms with Gasteiger partial charge in [-0.3, -0.25) is 0 Å². The molecule has 104 valence electrons. The molecule has 2 aliphatic carbocycles. The van der Waals surface area contributed by atoms with E-state index in [9.17, 15) is 5.11 Å². The van der Waals surface area contributed by atoms with Crippen LogP contribution in [0.3, 0.4) is 0 Å². The van der Waals surface area contributed by atoms with Crippen LogP contribution in [0, 0.1) is 29.6 Å². The van der Waals surface area contributed by atoms with Crippen LogP contribution in [0.2, 0.25) is 0 Å². The molecule has 2 aliphatic rings. The second-order valence-corrected chi connectivity index (χ2v) is 7.28. The summed E-state index contributed by atoms with van der Waals surface area (Å²) in [6.07, 6.45) is 8.51. The predicted octanol–water partition coefficient (Wildman–Crippen LogP) is 4.41. The van der Waals surface area contributed by atoms with E-state index < -0.39 is 0 Å². The van der Waals surface area contributed by atoms with E-state index in [0.717, 1.165) is 30.6 Å². The lowest BCUT2D eigenvalue weighted by atomic mass is 9.67. The van der Waals surface area contributed by atoms with Crippen LogP contribution in [0.5, 0.6) is 0 Å². The van der Waals surface area contributed by atoms with Crippen molar-refractivity contribution in [2.24, 2.45) is 29.6 Å². The molecule has 0 heterocycles. The molecule has 1 heteroatoms. The molecule has 1 nitrogen and oxygen atoms in total. The highest BCUT2D eigenvalue weighted by Gasteiger charge is 2.34. The van der Waals surface area contributed by atoms with Crippen LogP contribution in [-0.2, 0) is 0 Å². The van der Waals surface area contributed by atoms with E-state index in [0.29, 0.717) is 11.8 Å². The third-order valence-electron chi connectivity index (χ3n) is 5.24. The van der Waals surface area contributed by atoms with Crippen molar-refractivity contribution < 1.29 is 5.11 Å².